The number of esters is 1. The van der Waals surface area contributed by atoms with Gasteiger partial charge in [0.1, 0.15) is 19.0 Å². The van der Waals surface area contributed by atoms with Crippen LogP contribution in [0, 0.1) is 0 Å². The molecule has 0 bridgehead atoms. The van der Waals surface area contributed by atoms with E-state index in [1.54, 1.807) is 0 Å². The Labute approximate surface area is 163 Å². The molecular weight excluding hydrogens is 340 g/mol. The van der Waals surface area contributed by atoms with Crippen molar-refractivity contribution in [2.45, 2.75) is 64.9 Å². The van der Waals surface area contributed by atoms with Gasteiger partial charge >= 0.3 is 5.97 Å². The van der Waals surface area contributed by atoms with Crippen LogP contribution >= 0.6 is 0 Å². The van der Waals surface area contributed by atoms with E-state index in [1.165, 1.54) is 39.0 Å². The second-order valence-corrected chi connectivity index (χ2v) is 6.59. The number of ether oxygens (including phenoxy) is 2. The highest BCUT2D eigenvalue weighted by atomic mass is 16.6. The smallest absolute Gasteiger partial charge is 0.302 e. The van der Waals surface area contributed by atoms with Gasteiger partial charge in [0.25, 0.3) is 0 Å². The monoisotopic (exact) mass is 374 g/mol. The fourth-order valence-electron chi connectivity index (χ4n) is 2.67. The Morgan fingerprint density at radius 3 is 2.59 bits per heavy atom. The molecule has 4 heteroatoms. The third kappa shape index (κ3) is 12.0. The Morgan fingerprint density at radius 2 is 1.81 bits per heavy atom. The second kappa shape index (κ2) is 15.0. The number of aliphatic hydroxyl groups excluding tert-OH is 1. The average Bonchev–Trinajstić information content (AvgIpc) is 2.66. The molecule has 0 saturated heterocycles. The molecule has 0 aliphatic rings. The van der Waals surface area contributed by atoms with E-state index in [0.29, 0.717) is 6.61 Å². The lowest BCUT2D eigenvalue weighted by Crippen LogP contribution is -2.09. The van der Waals surface area contributed by atoms with E-state index in [0.717, 1.165) is 24.2 Å². The van der Waals surface area contributed by atoms with Crippen LogP contribution < -0.4 is 4.74 Å². The summed E-state index contributed by atoms with van der Waals surface area (Å²) >= 11 is 0. The highest BCUT2D eigenvalue weighted by Crippen LogP contribution is 2.19. The first-order valence-corrected chi connectivity index (χ1v) is 10.0. The summed E-state index contributed by atoms with van der Waals surface area (Å²) in [6.45, 7) is 4.15. The van der Waals surface area contributed by atoms with Crippen molar-refractivity contribution >= 4 is 12.0 Å². The number of aliphatic hydroxyl groups is 1. The molecule has 150 valence electrons. The molecule has 0 saturated carbocycles. The van der Waals surface area contributed by atoms with Crippen molar-refractivity contribution in [3.63, 3.8) is 0 Å². The molecule has 0 unspecified atom stereocenters. The van der Waals surface area contributed by atoms with Crippen LogP contribution in [0.25, 0.3) is 6.08 Å². The van der Waals surface area contributed by atoms with Crippen molar-refractivity contribution < 1.29 is 19.4 Å². The first-order chi connectivity index (χ1) is 13.1. The van der Waals surface area contributed by atoms with E-state index in [2.05, 4.69) is 6.92 Å². The zero-order valence-electron chi connectivity index (χ0n) is 16.7. The van der Waals surface area contributed by atoms with Gasteiger partial charge in [0.2, 0.25) is 0 Å². The minimum atomic E-state index is -0.393. The number of hydrogen-bond donors (Lipinski definition) is 1. The van der Waals surface area contributed by atoms with Crippen LogP contribution in [0.1, 0.15) is 64.4 Å². The number of para-hydroxylation sites is 1. The molecule has 1 N–H and O–H groups in total. The van der Waals surface area contributed by atoms with Crippen molar-refractivity contribution in [3.05, 3.63) is 48.1 Å². The van der Waals surface area contributed by atoms with E-state index in [4.69, 9.17) is 9.47 Å². The van der Waals surface area contributed by atoms with Gasteiger partial charge in [-0.2, -0.15) is 0 Å². The molecule has 1 aromatic rings. The first-order valence-electron chi connectivity index (χ1n) is 10.0. The fraction of sp³-hybridized carbons (Fsp3) is 0.522. The number of rotatable bonds is 14. The fourth-order valence-corrected chi connectivity index (χ4v) is 2.67. The Balaban J connectivity index is 2.34. The van der Waals surface area contributed by atoms with Crippen LogP contribution in [0.2, 0.25) is 0 Å². The molecule has 1 aromatic carbocycles. The van der Waals surface area contributed by atoms with Gasteiger partial charge < -0.3 is 14.6 Å². The van der Waals surface area contributed by atoms with Crippen molar-refractivity contribution in [2.24, 2.45) is 0 Å². The Kier molecular flexibility index (Phi) is 12.8. The van der Waals surface area contributed by atoms with Crippen LogP contribution in [0.3, 0.4) is 0 Å². The lowest BCUT2D eigenvalue weighted by molar-refractivity contribution is -0.141. The number of benzene rings is 1. The third-order valence-corrected chi connectivity index (χ3v) is 4.14. The van der Waals surface area contributed by atoms with Crippen LogP contribution in [-0.4, -0.2) is 30.4 Å². The molecule has 0 aliphatic heterocycles. The van der Waals surface area contributed by atoms with Crippen LogP contribution in [0.4, 0.5) is 0 Å². The Hall–Kier alpha value is -2.07. The van der Waals surface area contributed by atoms with Gasteiger partial charge in [-0.25, -0.2) is 0 Å². The summed E-state index contributed by atoms with van der Waals surface area (Å²) in [4.78, 5) is 10.8. The summed E-state index contributed by atoms with van der Waals surface area (Å²) < 4.78 is 10.5. The van der Waals surface area contributed by atoms with Crippen LogP contribution in [0.15, 0.2) is 42.5 Å². The summed E-state index contributed by atoms with van der Waals surface area (Å²) in [6, 6.07) is 7.68. The number of unbranched alkanes of at least 4 members (excludes halogenated alkanes) is 5. The minimum Gasteiger partial charge on any atom is -0.489 e. The largest absolute Gasteiger partial charge is 0.489 e. The molecular formula is C23H34O4. The lowest BCUT2D eigenvalue weighted by atomic mass is 10.1. The highest BCUT2D eigenvalue weighted by Gasteiger charge is 2.01. The summed E-state index contributed by atoms with van der Waals surface area (Å²) in [5.41, 5.74) is 0.940. The van der Waals surface area contributed by atoms with Gasteiger partial charge in [0.15, 0.2) is 0 Å². The van der Waals surface area contributed by atoms with Crippen molar-refractivity contribution in [1.82, 2.24) is 0 Å². The molecule has 27 heavy (non-hydrogen) atoms. The molecule has 4 nitrogen and oxygen atoms in total. The number of carbonyl (C=O) groups excluding carboxylic acids is 1. The van der Waals surface area contributed by atoms with Crippen LogP contribution in [-0.2, 0) is 9.53 Å². The summed E-state index contributed by atoms with van der Waals surface area (Å²) in [6.07, 6.45) is 15.4. The molecule has 1 atom stereocenters. The van der Waals surface area contributed by atoms with Gasteiger partial charge in [-0.3, -0.25) is 4.79 Å². The quantitative estimate of drug-likeness (QED) is 0.272. The molecule has 0 amide bonds. The number of carbonyl (C=O) groups is 1. The topological polar surface area (TPSA) is 55.8 Å². The molecule has 0 radical (unpaired) electrons. The van der Waals surface area contributed by atoms with Crippen LogP contribution in [0.5, 0.6) is 5.75 Å². The standard InChI is InChI=1S/C23H34O4/c1-3-4-5-6-7-8-15-22(25)16-11-9-13-21-14-10-12-17-23(21)27-19-18-26-20(2)24/h9-14,16-17,22,25H,3-8,15,18-19H2,1-2H3/b13-9+,16-11+/t22-/m0/s1. The van der Waals surface area contributed by atoms with E-state index in [-0.39, 0.29) is 12.6 Å². The molecule has 0 aliphatic carbocycles. The van der Waals surface area contributed by atoms with E-state index in [1.807, 2.05) is 48.6 Å². The number of hydrogen-bond acceptors (Lipinski definition) is 4. The van der Waals surface area contributed by atoms with E-state index < -0.39 is 6.10 Å². The predicted molar refractivity (Wildman–Crippen MR) is 111 cm³/mol. The summed E-state index contributed by atoms with van der Waals surface area (Å²) in [5, 5.41) is 10.0. The van der Waals surface area contributed by atoms with Crippen molar-refractivity contribution in [2.75, 3.05) is 13.2 Å². The highest BCUT2D eigenvalue weighted by molar-refractivity contribution is 5.65. The normalized spacial score (nSPS) is 12.6. The molecule has 0 fully saturated rings. The first kappa shape index (κ1) is 23.0. The van der Waals surface area contributed by atoms with E-state index in [9.17, 15) is 9.90 Å². The maximum absolute atomic E-state index is 10.8. The zero-order valence-corrected chi connectivity index (χ0v) is 16.7. The van der Waals surface area contributed by atoms with Crippen molar-refractivity contribution in [3.8, 4) is 5.75 Å². The zero-order chi connectivity index (χ0) is 19.7. The number of allylic oxidation sites excluding steroid dienone is 2. The van der Waals surface area contributed by atoms with Crippen molar-refractivity contribution in [1.29, 1.82) is 0 Å². The third-order valence-electron chi connectivity index (χ3n) is 4.14. The van der Waals surface area contributed by atoms with E-state index >= 15 is 0 Å². The summed E-state index contributed by atoms with van der Waals surface area (Å²) in [5.74, 6) is 0.429. The SMILES string of the molecule is CCCCCCCC[C@H](O)/C=C/C=C/c1ccccc1OCCOC(C)=O. The summed E-state index contributed by atoms with van der Waals surface area (Å²) in [7, 11) is 0. The Morgan fingerprint density at radius 1 is 1.07 bits per heavy atom. The van der Waals surface area contributed by atoms with Gasteiger partial charge in [-0.1, -0.05) is 88.0 Å². The lowest BCUT2D eigenvalue weighted by Gasteiger charge is -2.09. The minimum absolute atomic E-state index is 0.234. The maximum Gasteiger partial charge on any atom is 0.302 e. The van der Waals surface area contributed by atoms with Gasteiger partial charge in [-0.15, -0.1) is 0 Å². The molecule has 1 rings (SSSR count). The average molecular weight is 375 g/mol. The predicted octanol–water partition coefficient (Wildman–Crippen LogP) is 5.31. The molecule has 0 heterocycles. The second-order valence-electron chi connectivity index (χ2n) is 6.59. The Bertz CT molecular complexity index is 577. The molecule has 0 aromatic heterocycles. The van der Waals surface area contributed by atoms with Gasteiger partial charge in [-0.05, 0) is 12.5 Å². The maximum atomic E-state index is 10.8. The molecule has 0 spiro atoms. The van der Waals surface area contributed by atoms with Gasteiger partial charge in [0, 0.05) is 12.5 Å². The van der Waals surface area contributed by atoms with Gasteiger partial charge in [0.05, 0.1) is 6.10 Å².